The van der Waals surface area contributed by atoms with Crippen molar-refractivity contribution in [1.29, 1.82) is 0 Å². The van der Waals surface area contributed by atoms with Crippen molar-refractivity contribution in [3.63, 3.8) is 0 Å². The molecule has 24 heavy (non-hydrogen) atoms. The van der Waals surface area contributed by atoms with E-state index >= 15 is 0 Å². The van der Waals surface area contributed by atoms with E-state index in [1.54, 1.807) is 0 Å². The van der Waals surface area contributed by atoms with E-state index in [0.717, 1.165) is 11.1 Å². The molecule has 0 radical (unpaired) electrons. The highest BCUT2D eigenvalue weighted by molar-refractivity contribution is 6.53. The van der Waals surface area contributed by atoms with E-state index in [2.05, 4.69) is 20.4 Å². The monoisotopic (exact) mass is 322 g/mol. The fourth-order valence-corrected chi connectivity index (χ4v) is 1.89. The first-order valence-corrected chi connectivity index (χ1v) is 7.02. The molecule has 8 nitrogen and oxygen atoms in total. The van der Waals surface area contributed by atoms with E-state index in [4.69, 9.17) is 22.9 Å². The molecule has 122 valence electrons. The van der Waals surface area contributed by atoms with E-state index in [9.17, 15) is 0 Å². The molecule has 0 aliphatic rings. The minimum atomic E-state index is -0.169. The maximum atomic E-state index is 5.39. The summed E-state index contributed by atoms with van der Waals surface area (Å²) in [4.78, 5) is 0. The highest BCUT2D eigenvalue weighted by atomic mass is 15.3. The van der Waals surface area contributed by atoms with Crippen LogP contribution in [0.25, 0.3) is 0 Å². The van der Waals surface area contributed by atoms with E-state index in [1.165, 1.54) is 0 Å². The molecule has 0 saturated heterocycles. The highest BCUT2D eigenvalue weighted by Gasteiger charge is 2.15. The quantitative estimate of drug-likeness (QED) is 0.356. The second-order valence-electron chi connectivity index (χ2n) is 4.68. The van der Waals surface area contributed by atoms with Crippen LogP contribution in [-0.4, -0.2) is 23.3 Å². The molecule has 0 saturated carbocycles. The molecule has 0 fully saturated rings. The summed E-state index contributed by atoms with van der Waals surface area (Å²) in [5.74, 6) is -0.338. The van der Waals surface area contributed by atoms with Crippen molar-refractivity contribution in [2.24, 2.45) is 43.3 Å². The first-order valence-electron chi connectivity index (χ1n) is 7.02. The fraction of sp³-hybridized carbons (Fsp3) is 0. The van der Waals surface area contributed by atoms with Crippen molar-refractivity contribution in [2.75, 3.05) is 0 Å². The summed E-state index contributed by atoms with van der Waals surface area (Å²) < 4.78 is 0. The van der Waals surface area contributed by atoms with E-state index in [1.807, 2.05) is 60.7 Å². The molecule has 2 rings (SSSR count). The molecule has 0 aromatic heterocycles. The maximum absolute atomic E-state index is 5.39. The Labute approximate surface area is 139 Å². The minimum absolute atomic E-state index is 0.169. The van der Waals surface area contributed by atoms with Gasteiger partial charge >= 0.3 is 0 Å². The van der Waals surface area contributed by atoms with Gasteiger partial charge in [-0.3, -0.25) is 0 Å². The number of nitrogens with zero attached hydrogens (tertiary/aromatic N) is 4. The number of guanidine groups is 2. The van der Waals surface area contributed by atoms with Crippen LogP contribution in [-0.2, 0) is 0 Å². The first-order chi connectivity index (χ1) is 11.6. The predicted octanol–water partition coefficient (Wildman–Crippen LogP) is 0.342. The van der Waals surface area contributed by atoms with Crippen LogP contribution >= 0.6 is 0 Å². The third kappa shape index (κ3) is 4.67. The molecule has 0 bridgehead atoms. The van der Waals surface area contributed by atoms with Gasteiger partial charge in [-0.2, -0.15) is 0 Å². The van der Waals surface area contributed by atoms with Crippen LogP contribution in [0.4, 0.5) is 0 Å². The molecule has 0 amide bonds. The van der Waals surface area contributed by atoms with Crippen LogP contribution < -0.4 is 22.9 Å². The van der Waals surface area contributed by atoms with Crippen molar-refractivity contribution >= 4 is 23.3 Å². The van der Waals surface area contributed by atoms with Crippen LogP contribution in [0.5, 0.6) is 0 Å². The van der Waals surface area contributed by atoms with Gasteiger partial charge in [0, 0.05) is 11.1 Å². The highest BCUT2D eigenvalue weighted by Crippen LogP contribution is 2.11. The zero-order valence-electron chi connectivity index (χ0n) is 12.9. The second kappa shape index (κ2) is 8.08. The van der Waals surface area contributed by atoms with Gasteiger partial charge in [-0.15, -0.1) is 20.4 Å². The Morgan fingerprint density at radius 1 is 0.500 bits per heavy atom. The van der Waals surface area contributed by atoms with Gasteiger partial charge in [-0.05, 0) is 0 Å². The average molecular weight is 322 g/mol. The summed E-state index contributed by atoms with van der Waals surface area (Å²) in [5.41, 5.74) is 24.0. The number of rotatable bonds is 5. The third-order valence-electron chi connectivity index (χ3n) is 2.85. The van der Waals surface area contributed by atoms with Crippen LogP contribution in [0.2, 0.25) is 0 Å². The summed E-state index contributed by atoms with van der Waals surface area (Å²) in [6, 6.07) is 18.7. The van der Waals surface area contributed by atoms with Crippen LogP contribution in [0.15, 0.2) is 81.1 Å². The van der Waals surface area contributed by atoms with Gasteiger partial charge in [-0.1, -0.05) is 60.7 Å². The molecule has 0 heterocycles. The average Bonchev–Trinajstić information content (AvgIpc) is 2.59. The summed E-state index contributed by atoms with van der Waals surface area (Å²) in [6.45, 7) is 0. The molecule has 0 aliphatic heterocycles. The third-order valence-corrected chi connectivity index (χ3v) is 2.85. The SMILES string of the molecule is NC(N)=NN=C(C(=NN=C(N)N)c1ccccc1)c1ccccc1. The van der Waals surface area contributed by atoms with Crippen LogP contribution in [0.1, 0.15) is 11.1 Å². The zero-order valence-corrected chi connectivity index (χ0v) is 12.9. The summed E-state index contributed by atoms with van der Waals surface area (Å²) in [7, 11) is 0. The fourth-order valence-electron chi connectivity index (χ4n) is 1.89. The number of hydrogen-bond donors (Lipinski definition) is 4. The maximum Gasteiger partial charge on any atom is 0.211 e. The molecule has 0 aliphatic carbocycles. The van der Waals surface area contributed by atoms with E-state index in [-0.39, 0.29) is 11.9 Å². The molecule has 8 N–H and O–H groups in total. The van der Waals surface area contributed by atoms with Gasteiger partial charge in [0.1, 0.15) is 11.4 Å². The van der Waals surface area contributed by atoms with Crippen LogP contribution in [0.3, 0.4) is 0 Å². The Hall–Kier alpha value is -3.68. The van der Waals surface area contributed by atoms with Gasteiger partial charge < -0.3 is 22.9 Å². The minimum Gasteiger partial charge on any atom is -0.369 e. The molecule has 2 aromatic rings. The second-order valence-corrected chi connectivity index (χ2v) is 4.68. The van der Waals surface area contributed by atoms with Crippen molar-refractivity contribution < 1.29 is 0 Å². The van der Waals surface area contributed by atoms with Gasteiger partial charge in [0.25, 0.3) is 0 Å². The Kier molecular flexibility index (Phi) is 5.62. The van der Waals surface area contributed by atoms with Crippen molar-refractivity contribution in [2.45, 2.75) is 0 Å². The van der Waals surface area contributed by atoms with Crippen LogP contribution in [0, 0.1) is 0 Å². The van der Waals surface area contributed by atoms with Gasteiger partial charge in [0.15, 0.2) is 0 Å². The Balaban J connectivity index is 2.66. The van der Waals surface area contributed by atoms with Crippen molar-refractivity contribution in [3.05, 3.63) is 71.8 Å². The molecular formula is C16H18N8. The first kappa shape index (κ1) is 16.7. The Morgan fingerprint density at radius 2 is 0.833 bits per heavy atom. The standard InChI is InChI=1S/C16H18N8/c17-15(18)23-21-13(11-7-3-1-4-8-11)14(22-24-16(19)20)12-9-5-2-6-10-12/h1-10H,(H4,17,18,23)(H4,19,20,24). The molecule has 2 aromatic carbocycles. The summed E-state index contributed by atoms with van der Waals surface area (Å²) in [5, 5.41) is 15.7. The molecule has 8 heteroatoms. The summed E-state index contributed by atoms with van der Waals surface area (Å²) >= 11 is 0. The Morgan fingerprint density at radius 3 is 1.12 bits per heavy atom. The topological polar surface area (TPSA) is 154 Å². The molecule has 0 spiro atoms. The van der Waals surface area contributed by atoms with Gasteiger partial charge in [0.2, 0.25) is 11.9 Å². The normalized spacial score (nSPS) is 11.7. The number of hydrogen-bond acceptors (Lipinski definition) is 4. The van der Waals surface area contributed by atoms with Crippen molar-refractivity contribution in [3.8, 4) is 0 Å². The summed E-state index contributed by atoms with van der Waals surface area (Å²) in [6.07, 6.45) is 0. The lowest BCUT2D eigenvalue weighted by Gasteiger charge is -2.08. The lowest BCUT2D eigenvalue weighted by Crippen LogP contribution is -2.24. The zero-order chi connectivity index (χ0) is 17.4. The number of nitrogens with two attached hydrogens (primary N) is 4. The van der Waals surface area contributed by atoms with E-state index < -0.39 is 0 Å². The molecule has 0 unspecified atom stereocenters. The van der Waals surface area contributed by atoms with Gasteiger partial charge in [-0.25, -0.2) is 0 Å². The smallest absolute Gasteiger partial charge is 0.211 e. The number of benzene rings is 2. The lowest BCUT2D eigenvalue weighted by molar-refractivity contribution is 1.19. The van der Waals surface area contributed by atoms with Gasteiger partial charge in [0.05, 0.1) is 0 Å². The molecule has 0 atom stereocenters. The predicted molar refractivity (Wildman–Crippen MR) is 97.6 cm³/mol. The van der Waals surface area contributed by atoms with E-state index in [0.29, 0.717) is 11.4 Å². The lowest BCUT2D eigenvalue weighted by atomic mass is 10.00. The molecular weight excluding hydrogens is 304 g/mol. The largest absolute Gasteiger partial charge is 0.369 e. The van der Waals surface area contributed by atoms with Crippen molar-refractivity contribution in [1.82, 2.24) is 0 Å². The Bertz CT molecular complexity index is 714.